The van der Waals surface area contributed by atoms with Gasteiger partial charge in [-0.05, 0) is 30.9 Å². The number of carbonyl (C=O) groups excluding carboxylic acids is 2. The molecule has 2 aliphatic rings. The third-order valence-corrected chi connectivity index (χ3v) is 8.42. The largest absolute Gasteiger partial charge is 0.523 e. The Hall–Kier alpha value is -3.90. The van der Waals surface area contributed by atoms with Crippen LogP contribution in [0.25, 0.3) is 33.0 Å². The number of amides is 2. The van der Waals surface area contributed by atoms with Gasteiger partial charge in [-0.3, -0.25) is 19.1 Å². The number of nitrogens with zero attached hydrogens (tertiary/aromatic N) is 2. The van der Waals surface area contributed by atoms with E-state index in [1.807, 2.05) is 58.6 Å². The molecule has 12 heteroatoms. The highest BCUT2D eigenvalue weighted by Crippen LogP contribution is 2.43. The Labute approximate surface area is 220 Å². The Balaban J connectivity index is 1.52. The van der Waals surface area contributed by atoms with Gasteiger partial charge in [-0.15, -0.1) is 0 Å². The van der Waals surface area contributed by atoms with Crippen LogP contribution in [-0.2, 0) is 43.9 Å². The molecule has 2 aromatic heterocycles. The first kappa shape index (κ1) is 25.4. The van der Waals surface area contributed by atoms with Crippen molar-refractivity contribution in [2.24, 2.45) is 13.0 Å². The van der Waals surface area contributed by atoms with Gasteiger partial charge in [0.2, 0.25) is 0 Å². The number of carbonyl (C=O) groups is 2. The molecule has 0 unspecified atom stereocenters. The van der Waals surface area contributed by atoms with Gasteiger partial charge in [0.05, 0.1) is 17.8 Å². The lowest BCUT2D eigenvalue weighted by atomic mass is 9.89. The molecule has 0 bridgehead atoms. The van der Waals surface area contributed by atoms with Crippen LogP contribution < -0.4 is 5.32 Å². The van der Waals surface area contributed by atoms with Gasteiger partial charge in [0.1, 0.15) is 0 Å². The molecule has 6 rings (SSSR count). The molecule has 2 amide bonds. The Kier molecular flexibility index (Phi) is 5.74. The molecule has 4 heterocycles. The number of hydrogen-bond acceptors (Lipinski definition) is 5. The monoisotopic (exact) mass is 557 g/mol. The molecule has 0 spiro atoms. The topological polar surface area (TPSA) is 99.4 Å². The maximum atomic E-state index is 13.4. The summed E-state index contributed by atoms with van der Waals surface area (Å²) in [5.74, 6) is -1.66. The third-order valence-electron chi connectivity index (χ3n) is 7.41. The van der Waals surface area contributed by atoms with Crippen molar-refractivity contribution in [1.82, 2.24) is 14.5 Å². The van der Waals surface area contributed by atoms with Gasteiger partial charge in [0.25, 0.3) is 11.8 Å². The maximum absolute atomic E-state index is 13.4. The van der Waals surface area contributed by atoms with Crippen LogP contribution in [-0.4, -0.2) is 41.5 Å². The first-order valence-electron chi connectivity index (χ1n) is 12.2. The summed E-state index contributed by atoms with van der Waals surface area (Å²) < 4.78 is 69.7. The van der Waals surface area contributed by atoms with Gasteiger partial charge in [0.15, 0.2) is 0 Å². The zero-order valence-electron chi connectivity index (χ0n) is 20.6. The van der Waals surface area contributed by atoms with Crippen molar-refractivity contribution in [1.29, 1.82) is 0 Å². The molecule has 2 aliphatic heterocycles. The van der Waals surface area contributed by atoms with E-state index in [1.54, 1.807) is 12.3 Å². The van der Waals surface area contributed by atoms with E-state index < -0.39 is 40.0 Å². The van der Waals surface area contributed by atoms with Crippen LogP contribution in [0.1, 0.15) is 23.2 Å². The van der Waals surface area contributed by atoms with Crippen molar-refractivity contribution in [3.63, 3.8) is 0 Å². The number of aryl methyl sites for hydroxylation is 2. The summed E-state index contributed by atoms with van der Waals surface area (Å²) in [6.45, 7) is -0.272. The second-order valence-electron chi connectivity index (χ2n) is 9.74. The van der Waals surface area contributed by atoms with Crippen LogP contribution in [0.5, 0.6) is 0 Å². The first-order valence-corrected chi connectivity index (χ1v) is 13.6. The number of nitrogens with one attached hydrogen (secondary N) is 1. The lowest BCUT2D eigenvalue weighted by Crippen LogP contribution is -2.30. The Bertz CT molecular complexity index is 1830. The van der Waals surface area contributed by atoms with Gasteiger partial charge in [-0.2, -0.15) is 21.6 Å². The highest BCUT2D eigenvalue weighted by atomic mass is 32.2. The van der Waals surface area contributed by atoms with Crippen LogP contribution in [0.2, 0.25) is 0 Å². The van der Waals surface area contributed by atoms with E-state index in [4.69, 9.17) is 0 Å². The second-order valence-corrected chi connectivity index (χ2v) is 11.3. The summed E-state index contributed by atoms with van der Waals surface area (Å²) in [4.78, 5) is 26.6. The number of hydrogen-bond donors (Lipinski definition) is 1. The van der Waals surface area contributed by atoms with E-state index in [1.165, 1.54) is 0 Å². The minimum absolute atomic E-state index is 0.158. The van der Waals surface area contributed by atoms with Gasteiger partial charge in [-0.25, -0.2) is 0 Å². The molecule has 1 N–H and O–H groups in total. The molecule has 0 saturated carbocycles. The fraction of sp³-hybridized carbons (Fsp3) is 0.259. The number of fused-ring (bicyclic) bond motifs is 4. The van der Waals surface area contributed by atoms with Crippen LogP contribution in [0.3, 0.4) is 0 Å². The number of rotatable bonds is 5. The van der Waals surface area contributed by atoms with E-state index in [-0.39, 0.29) is 17.6 Å². The maximum Gasteiger partial charge on any atom is 0.523 e. The van der Waals surface area contributed by atoms with Crippen molar-refractivity contribution in [2.75, 3.05) is 6.61 Å². The average molecular weight is 558 g/mol. The van der Waals surface area contributed by atoms with Gasteiger partial charge in [0, 0.05) is 58.4 Å². The molecule has 1 atom stereocenters. The third kappa shape index (κ3) is 3.97. The SMILES string of the molecule is Cn1cc(C2=C(c3c4n(c5ccccc35)CC[C@H](COS(=O)(=O)C(F)(F)F)C4)C(=O)NC2=O)c2ccccc21. The number of halogens is 3. The highest BCUT2D eigenvalue weighted by molar-refractivity contribution is 7.87. The molecule has 2 aromatic carbocycles. The Morgan fingerprint density at radius 1 is 0.974 bits per heavy atom. The molecular weight excluding hydrogens is 535 g/mol. The smallest absolute Gasteiger partial charge is 0.350 e. The predicted molar refractivity (Wildman–Crippen MR) is 138 cm³/mol. The van der Waals surface area contributed by atoms with Crippen molar-refractivity contribution in [3.05, 3.63) is 71.5 Å². The van der Waals surface area contributed by atoms with E-state index in [0.29, 0.717) is 29.8 Å². The Morgan fingerprint density at radius 2 is 1.62 bits per heavy atom. The summed E-state index contributed by atoms with van der Waals surface area (Å²) in [7, 11) is -3.89. The summed E-state index contributed by atoms with van der Waals surface area (Å²) in [6, 6.07) is 14.8. The molecule has 8 nitrogen and oxygen atoms in total. The molecule has 0 radical (unpaired) electrons. The number of aromatic nitrogens is 2. The lowest BCUT2D eigenvalue weighted by molar-refractivity contribution is -0.122. The zero-order chi connectivity index (χ0) is 27.7. The molecule has 0 aliphatic carbocycles. The number of benzene rings is 2. The van der Waals surface area contributed by atoms with Crippen molar-refractivity contribution >= 4 is 54.9 Å². The zero-order valence-corrected chi connectivity index (χ0v) is 21.4. The molecule has 202 valence electrons. The number of imide groups is 1. The quantitative estimate of drug-likeness (QED) is 0.226. The molecule has 39 heavy (non-hydrogen) atoms. The molecule has 4 aromatic rings. The lowest BCUT2D eigenvalue weighted by Gasteiger charge is -2.26. The van der Waals surface area contributed by atoms with Gasteiger partial charge >= 0.3 is 15.6 Å². The van der Waals surface area contributed by atoms with Crippen LogP contribution >= 0.6 is 0 Å². The van der Waals surface area contributed by atoms with Crippen molar-refractivity contribution < 1.29 is 35.4 Å². The molecule has 0 fully saturated rings. The predicted octanol–water partition coefficient (Wildman–Crippen LogP) is 4.13. The van der Waals surface area contributed by atoms with E-state index >= 15 is 0 Å². The van der Waals surface area contributed by atoms with Crippen LogP contribution in [0, 0.1) is 5.92 Å². The number of alkyl halides is 3. The molecular formula is C27H22F3N3O5S. The second kappa shape index (κ2) is 8.82. The summed E-state index contributed by atoms with van der Waals surface area (Å²) in [5, 5.41) is 3.93. The van der Waals surface area contributed by atoms with E-state index in [9.17, 15) is 31.2 Å². The Morgan fingerprint density at radius 3 is 2.33 bits per heavy atom. The standard InChI is InChI=1S/C27H22F3N3O5S/c1-32-13-18(16-6-2-4-8-19(16)32)23-24(26(35)31-25(23)34)22-17-7-3-5-9-20(17)33-11-10-15(12-21(22)33)14-38-39(36,37)27(28,29)30/h2-9,13,15H,10-12,14H2,1H3,(H,31,34,35)/t15-/m0/s1. The summed E-state index contributed by atoms with van der Waals surface area (Å²) in [5.41, 5.74) is -1.69. The molecule has 0 saturated heterocycles. The van der Waals surface area contributed by atoms with Crippen molar-refractivity contribution in [2.45, 2.75) is 24.9 Å². The summed E-state index contributed by atoms with van der Waals surface area (Å²) in [6.07, 6.45) is 2.32. The van der Waals surface area contributed by atoms with Crippen molar-refractivity contribution in [3.8, 4) is 0 Å². The van der Waals surface area contributed by atoms with E-state index in [0.717, 1.165) is 21.8 Å². The summed E-state index contributed by atoms with van der Waals surface area (Å²) >= 11 is 0. The van der Waals surface area contributed by atoms with Crippen LogP contribution in [0.4, 0.5) is 13.2 Å². The highest BCUT2D eigenvalue weighted by Gasteiger charge is 2.48. The fourth-order valence-corrected chi connectivity index (χ4v) is 6.18. The minimum Gasteiger partial charge on any atom is -0.350 e. The van der Waals surface area contributed by atoms with Gasteiger partial charge in [-0.1, -0.05) is 36.4 Å². The fourth-order valence-electron chi connectivity index (χ4n) is 5.68. The van der Waals surface area contributed by atoms with E-state index in [2.05, 4.69) is 9.50 Å². The number of para-hydroxylation sites is 2. The van der Waals surface area contributed by atoms with Crippen LogP contribution in [0.15, 0.2) is 54.7 Å². The first-order chi connectivity index (χ1) is 18.5. The normalized spacial score (nSPS) is 18.3. The minimum atomic E-state index is -5.73. The average Bonchev–Trinajstić information content (AvgIpc) is 3.49. The van der Waals surface area contributed by atoms with Gasteiger partial charge < -0.3 is 9.13 Å².